The van der Waals surface area contributed by atoms with Crippen molar-refractivity contribution in [3.05, 3.63) is 112 Å². The quantitative estimate of drug-likeness (QED) is 0.206. The molecular weight excluding hydrogens is 386 g/mol. The molecule has 0 saturated heterocycles. The first-order valence-corrected chi connectivity index (χ1v) is 8.78. The van der Waals surface area contributed by atoms with Crippen molar-refractivity contribution in [2.24, 2.45) is 5.10 Å². The summed E-state index contributed by atoms with van der Waals surface area (Å²) < 4.78 is 0. The molecule has 8 heteroatoms. The molecule has 0 aliphatic carbocycles. The van der Waals surface area contributed by atoms with Crippen LogP contribution >= 0.6 is 0 Å². The number of amides is 2. The van der Waals surface area contributed by atoms with E-state index in [9.17, 15) is 24.5 Å². The standard InChI is InChI=1S/C22H15N3O5/c26-15-20(16-11-13-19(14-12-16)25(29)30)23-24(21(27)17-7-3-1-4-8-17)22(28)18-9-5-2-6-10-18/h1-15H. The van der Waals surface area contributed by atoms with Crippen molar-refractivity contribution in [3.8, 4) is 0 Å². The van der Waals surface area contributed by atoms with E-state index in [1.807, 2.05) is 0 Å². The number of nitro groups is 1. The lowest BCUT2D eigenvalue weighted by Crippen LogP contribution is -2.34. The number of aldehydes is 1. The maximum atomic E-state index is 13.0. The molecule has 0 fully saturated rings. The molecule has 0 bridgehead atoms. The van der Waals surface area contributed by atoms with Crippen molar-refractivity contribution < 1.29 is 19.3 Å². The Morgan fingerprint density at radius 1 is 0.767 bits per heavy atom. The van der Waals surface area contributed by atoms with Crippen LogP contribution < -0.4 is 0 Å². The summed E-state index contributed by atoms with van der Waals surface area (Å²) in [5, 5.41) is 15.5. The van der Waals surface area contributed by atoms with E-state index < -0.39 is 16.7 Å². The Balaban J connectivity index is 2.05. The number of hydrogen-bond acceptors (Lipinski definition) is 6. The Kier molecular flexibility index (Phi) is 6.19. The molecule has 3 rings (SSSR count). The molecule has 3 aromatic carbocycles. The van der Waals surface area contributed by atoms with Crippen molar-refractivity contribution >= 4 is 29.5 Å². The number of imide groups is 1. The first kappa shape index (κ1) is 20.3. The van der Waals surface area contributed by atoms with Gasteiger partial charge in [-0.15, -0.1) is 0 Å². The SMILES string of the molecule is O=CC(=NN(C(=O)c1ccccc1)C(=O)c1ccccc1)c1ccc([N+](=O)[O-])cc1. The van der Waals surface area contributed by atoms with Gasteiger partial charge < -0.3 is 0 Å². The van der Waals surface area contributed by atoms with Crippen molar-refractivity contribution in [1.82, 2.24) is 5.01 Å². The minimum absolute atomic E-state index is 0.165. The molecule has 0 spiro atoms. The number of carbonyl (C=O) groups is 3. The van der Waals surface area contributed by atoms with Gasteiger partial charge in [-0.25, -0.2) is 0 Å². The molecule has 0 radical (unpaired) electrons. The van der Waals surface area contributed by atoms with E-state index in [2.05, 4.69) is 5.10 Å². The van der Waals surface area contributed by atoms with Gasteiger partial charge in [-0.2, -0.15) is 10.1 Å². The highest BCUT2D eigenvalue weighted by molar-refractivity contribution is 6.36. The van der Waals surface area contributed by atoms with Crippen LogP contribution in [0, 0.1) is 10.1 Å². The van der Waals surface area contributed by atoms with Gasteiger partial charge in [-0.1, -0.05) is 36.4 Å². The second-order valence-corrected chi connectivity index (χ2v) is 6.06. The van der Waals surface area contributed by atoms with Crippen LogP contribution in [0.2, 0.25) is 0 Å². The van der Waals surface area contributed by atoms with Crippen LogP contribution in [0.1, 0.15) is 26.3 Å². The number of carbonyl (C=O) groups excluding carboxylic acids is 3. The van der Waals surface area contributed by atoms with Crippen molar-refractivity contribution in [3.63, 3.8) is 0 Å². The van der Waals surface area contributed by atoms with E-state index in [0.717, 1.165) is 0 Å². The normalized spacial score (nSPS) is 10.9. The summed E-state index contributed by atoms with van der Waals surface area (Å²) in [4.78, 5) is 47.9. The summed E-state index contributed by atoms with van der Waals surface area (Å²) in [5.74, 6) is -1.43. The Bertz CT molecular complexity index is 1060. The van der Waals surface area contributed by atoms with E-state index in [4.69, 9.17) is 0 Å². The predicted octanol–water partition coefficient (Wildman–Crippen LogP) is 3.48. The molecular formula is C22H15N3O5. The van der Waals surface area contributed by atoms with Crippen LogP contribution in [0.4, 0.5) is 5.69 Å². The molecule has 0 N–H and O–H groups in total. The van der Waals surface area contributed by atoms with Crippen LogP contribution in [0.15, 0.2) is 90.0 Å². The molecule has 0 aliphatic rings. The lowest BCUT2D eigenvalue weighted by Gasteiger charge is -2.16. The molecule has 8 nitrogen and oxygen atoms in total. The molecule has 0 aromatic heterocycles. The van der Waals surface area contributed by atoms with Crippen LogP contribution in [-0.4, -0.2) is 33.7 Å². The zero-order valence-electron chi connectivity index (χ0n) is 15.5. The molecule has 30 heavy (non-hydrogen) atoms. The third-order valence-corrected chi connectivity index (χ3v) is 4.12. The average Bonchev–Trinajstić information content (AvgIpc) is 2.80. The average molecular weight is 401 g/mol. The first-order valence-electron chi connectivity index (χ1n) is 8.78. The number of nitro benzene ring substituents is 1. The van der Waals surface area contributed by atoms with Crippen molar-refractivity contribution in [1.29, 1.82) is 0 Å². The summed E-state index contributed by atoms with van der Waals surface area (Å²) in [5.41, 5.74) is 0.251. The highest BCUT2D eigenvalue weighted by atomic mass is 16.6. The van der Waals surface area contributed by atoms with E-state index in [0.29, 0.717) is 11.3 Å². The van der Waals surface area contributed by atoms with Gasteiger partial charge in [0.25, 0.3) is 17.5 Å². The summed E-state index contributed by atoms with van der Waals surface area (Å²) in [6.07, 6.45) is 0.380. The number of non-ortho nitro benzene ring substituents is 1. The van der Waals surface area contributed by atoms with Crippen LogP contribution in [-0.2, 0) is 4.79 Å². The van der Waals surface area contributed by atoms with Gasteiger partial charge in [0.1, 0.15) is 5.71 Å². The number of rotatable bonds is 6. The fourth-order valence-corrected chi connectivity index (χ4v) is 2.60. The predicted molar refractivity (Wildman–Crippen MR) is 109 cm³/mol. The molecule has 0 heterocycles. The first-order chi connectivity index (χ1) is 14.5. The summed E-state index contributed by atoms with van der Waals surface area (Å²) in [7, 11) is 0. The minimum Gasteiger partial charge on any atom is -0.296 e. The van der Waals surface area contributed by atoms with Gasteiger partial charge >= 0.3 is 0 Å². The third-order valence-electron chi connectivity index (χ3n) is 4.12. The number of hydrogen-bond donors (Lipinski definition) is 0. The number of nitrogens with zero attached hydrogens (tertiary/aromatic N) is 3. The van der Waals surface area contributed by atoms with Gasteiger partial charge in [0, 0.05) is 28.8 Å². The van der Waals surface area contributed by atoms with E-state index in [1.165, 1.54) is 48.5 Å². The van der Waals surface area contributed by atoms with Crippen LogP contribution in [0.5, 0.6) is 0 Å². The van der Waals surface area contributed by atoms with Gasteiger partial charge in [0.05, 0.1) is 4.92 Å². The highest BCUT2D eigenvalue weighted by Gasteiger charge is 2.25. The zero-order chi connectivity index (χ0) is 21.5. The Morgan fingerprint density at radius 2 is 1.23 bits per heavy atom. The lowest BCUT2D eigenvalue weighted by atomic mass is 10.1. The van der Waals surface area contributed by atoms with E-state index in [1.54, 1.807) is 36.4 Å². The molecule has 0 saturated carbocycles. The van der Waals surface area contributed by atoms with Crippen molar-refractivity contribution in [2.75, 3.05) is 0 Å². The van der Waals surface area contributed by atoms with Gasteiger partial charge in [0.2, 0.25) is 0 Å². The van der Waals surface area contributed by atoms with Gasteiger partial charge in [0.15, 0.2) is 6.29 Å². The van der Waals surface area contributed by atoms with Crippen molar-refractivity contribution in [2.45, 2.75) is 0 Å². The number of benzene rings is 3. The maximum Gasteiger partial charge on any atom is 0.281 e. The van der Waals surface area contributed by atoms with Gasteiger partial charge in [-0.3, -0.25) is 24.5 Å². The topological polar surface area (TPSA) is 110 Å². The summed E-state index contributed by atoms with van der Waals surface area (Å²) >= 11 is 0. The lowest BCUT2D eigenvalue weighted by molar-refractivity contribution is -0.384. The third kappa shape index (κ3) is 4.50. The summed E-state index contributed by atoms with van der Waals surface area (Å²) in [6.45, 7) is 0. The Morgan fingerprint density at radius 3 is 1.63 bits per heavy atom. The zero-order valence-corrected chi connectivity index (χ0v) is 15.5. The van der Waals surface area contributed by atoms with Crippen LogP contribution in [0.25, 0.3) is 0 Å². The Labute approximate surface area is 171 Å². The fraction of sp³-hybridized carbons (Fsp3) is 0. The second kappa shape index (κ2) is 9.16. The Hall–Kier alpha value is -4.46. The summed E-state index contributed by atoms with van der Waals surface area (Å²) in [6, 6.07) is 21.1. The largest absolute Gasteiger partial charge is 0.296 e. The fourth-order valence-electron chi connectivity index (χ4n) is 2.60. The smallest absolute Gasteiger partial charge is 0.281 e. The molecule has 0 aliphatic heterocycles. The minimum atomic E-state index is -0.717. The van der Waals surface area contributed by atoms with Gasteiger partial charge in [-0.05, 0) is 36.4 Å². The monoisotopic (exact) mass is 401 g/mol. The molecule has 148 valence electrons. The van der Waals surface area contributed by atoms with Crippen LogP contribution in [0.3, 0.4) is 0 Å². The maximum absolute atomic E-state index is 13.0. The van der Waals surface area contributed by atoms with E-state index in [-0.39, 0.29) is 28.1 Å². The number of hydrazone groups is 1. The molecule has 0 unspecified atom stereocenters. The van der Waals surface area contributed by atoms with E-state index >= 15 is 0 Å². The molecule has 3 aromatic rings. The molecule has 2 amide bonds. The second-order valence-electron chi connectivity index (χ2n) is 6.06. The molecule has 0 atom stereocenters. The highest BCUT2D eigenvalue weighted by Crippen LogP contribution is 2.15.